The first kappa shape index (κ1) is 12.4. The summed E-state index contributed by atoms with van der Waals surface area (Å²) in [5.41, 5.74) is 0. The molecule has 0 N–H and O–H groups in total. The second kappa shape index (κ2) is 6.04. The molecule has 2 unspecified atom stereocenters. The molecule has 0 amide bonds. The van der Waals surface area contributed by atoms with Gasteiger partial charge in [0, 0.05) is 12.8 Å². The van der Waals surface area contributed by atoms with Gasteiger partial charge in [-0.2, -0.15) is 0 Å². The number of carbonyl (C=O) groups excluding carboxylic acids is 2. The van der Waals surface area contributed by atoms with Crippen molar-refractivity contribution in [1.82, 2.24) is 0 Å². The van der Waals surface area contributed by atoms with Gasteiger partial charge in [-0.1, -0.05) is 26.7 Å². The monoisotopic (exact) mass is 210 g/mol. The zero-order valence-corrected chi connectivity index (χ0v) is 9.92. The maximum absolute atomic E-state index is 11.8. The SMILES string of the molecule is CCCCCC(=O)C1CCC(C)CC1=O. The van der Waals surface area contributed by atoms with Gasteiger partial charge in [-0.15, -0.1) is 0 Å². The molecule has 0 bridgehead atoms. The van der Waals surface area contributed by atoms with Crippen LogP contribution in [0.2, 0.25) is 0 Å². The van der Waals surface area contributed by atoms with Crippen molar-refractivity contribution in [1.29, 1.82) is 0 Å². The molecule has 0 aliphatic heterocycles. The van der Waals surface area contributed by atoms with E-state index in [9.17, 15) is 9.59 Å². The van der Waals surface area contributed by atoms with Crippen LogP contribution < -0.4 is 0 Å². The summed E-state index contributed by atoms with van der Waals surface area (Å²) in [6, 6.07) is 0. The average Bonchev–Trinajstić information content (AvgIpc) is 2.17. The fourth-order valence-electron chi connectivity index (χ4n) is 2.26. The number of Topliss-reactive ketones (excluding diaryl/α,β-unsaturated/α-hetero) is 2. The Kier molecular flexibility index (Phi) is 5.00. The van der Waals surface area contributed by atoms with Crippen molar-refractivity contribution in [3.05, 3.63) is 0 Å². The molecule has 0 radical (unpaired) electrons. The van der Waals surface area contributed by atoms with Gasteiger partial charge in [-0.3, -0.25) is 9.59 Å². The number of unbranched alkanes of at least 4 members (excludes halogenated alkanes) is 2. The molecule has 0 saturated heterocycles. The first-order chi connectivity index (χ1) is 7.15. The van der Waals surface area contributed by atoms with Gasteiger partial charge in [0.15, 0.2) is 0 Å². The highest BCUT2D eigenvalue weighted by atomic mass is 16.1. The Morgan fingerprint density at radius 3 is 2.67 bits per heavy atom. The Balaban J connectivity index is 2.35. The maximum atomic E-state index is 11.8. The third-order valence-corrected chi connectivity index (χ3v) is 3.30. The molecule has 1 fully saturated rings. The highest BCUT2D eigenvalue weighted by Gasteiger charge is 2.30. The van der Waals surface area contributed by atoms with E-state index in [4.69, 9.17) is 0 Å². The lowest BCUT2D eigenvalue weighted by molar-refractivity contribution is -0.135. The van der Waals surface area contributed by atoms with Gasteiger partial charge in [-0.05, 0) is 25.2 Å². The van der Waals surface area contributed by atoms with Crippen LogP contribution in [0, 0.1) is 11.8 Å². The molecule has 1 rings (SSSR count). The molecule has 1 aliphatic rings. The van der Waals surface area contributed by atoms with Gasteiger partial charge in [0.05, 0.1) is 5.92 Å². The third-order valence-electron chi connectivity index (χ3n) is 3.30. The second-order valence-electron chi connectivity index (χ2n) is 4.83. The Morgan fingerprint density at radius 1 is 1.33 bits per heavy atom. The summed E-state index contributed by atoms with van der Waals surface area (Å²) in [5, 5.41) is 0. The topological polar surface area (TPSA) is 34.1 Å². The number of rotatable bonds is 5. The predicted molar refractivity (Wildman–Crippen MR) is 60.7 cm³/mol. The quantitative estimate of drug-likeness (QED) is 0.516. The van der Waals surface area contributed by atoms with E-state index in [1.807, 2.05) is 0 Å². The van der Waals surface area contributed by atoms with Crippen molar-refractivity contribution in [3.8, 4) is 0 Å². The van der Waals surface area contributed by atoms with Crippen LogP contribution in [0.15, 0.2) is 0 Å². The van der Waals surface area contributed by atoms with Gasteiger partial charge >= 0.3 is 0 Å². The molecule has 0 aromatic carbocycles. The molecule has 2 nitrogen and oxygen atoms in total. The first-order valence-corrected chi connectivity index (χ1v) is 6.20. The Morgan fingerprint density at radius 2 is 2.07 bits per heavy atom. The van der Waals surface area contributed by atoms with Crippen LogP contribution in [0.1, 0.15) is 58.8 Å². The van der Waals surface area contributed by atoms with Crippen LogP contribution in [0.3, 0.4) is 0 Å². The Bertz CT molecular complexity index is 233. The average molecular weight is 210 g/mol. The van der Waals surface area contributed by atoms with Crippen molar-refractivity contribution in [3.63, 3.8) is 0 Å². The van der Waals surface area contributed by atoms with Crippen LogP contribution in [0.25, 0.3) is 0 Å². The van der Waals surface area contributed by atoms with Crippen molar-refractivity contribution < 1.29 is 9.59 Å². The van der Waals surface area contributed by atoms with Gasteiger partial charge in [-0.25, -0.2) is 0 Å². The summed E-state index contributed by atoms with van der Waals surface area (Å²) in [5.74, 6) is 0.617. The van der Waals surface area contributed by atoms with E-state index >= 15 is 0 Å². The molecule has 1 saturated carbocycles. The molecule has 2 atom stereocenters. The Labute approximate surface area is 92.4 Å². The summed E-state index contributed by atoms with van der Waals surface area (Å²) in [4.78, 5) is 23.4. The molecule has 15 heavy (non-hydrogen) atoms. The van der Waals surface area contributed by atoms with E-state index in [-0.39, 0.29) is 17.5 Å². The highest BCUT2D eigenvalue weighted by molar-refractivity contribution is 6.02. The van der Waals surface area contributed by atoms with Crippen molar-refractivity contribution >= 4 is 11.6 Å². The summed E-state index contributed by atoms with van der Waals surface area (Å²) in [7, 11) is 0. The van der Waals surface area contributed by atoms with Gasteiger partial charge in [0.1, 0.15) is 11.6 Å². The number of carbonyl (C=O) groups is 2. The summed E-state index contributed by atoms with van der Waals surface area (Å²) >= 11 is 0. The number of hydrogen-bond acceptors (Lipinski definition) is 2. The van der Waals surface area contributed by atoms with E-state index in [0.717, 1.165) is 32.1 Å². The largest absolute Gasteiger partial charge is 0.299 e. The van der Waals surface area contributed by atoms with Gasteiger partial charge in [0.2, 0.25) is 0 Å². The molecular formula is C13H22O2. The molecule has 1 aliphatic carbocycles. The van der Waals surface area contributed by atoms with Crippen LogP contribution in [-0.2, 0) is 9.59 Å². The maximum Gasteiger partial charge on any atom is 0.143 e. The summed E-state index contributed by atoms with van der Waals surface area (Å²) in [6.07, 6.45) is 6.24. The lowest BCUT2D eigenvalue weighted by Gasteiger charge is -2.23. The van der Waals surface area contributed by atoms with Gasteiger partial charge < -0.3 is 0 Å². The molecular weight excluding hydrogens is 188 g/mol. The normalized spacial score (nSPS) is 26.7. The number of hydrogen-bond donors (Lipinski definition) is 0. The number of ketones is 2. The molecule has 0 spiro atoms. The zero-order chi connectivity index (χ0) is 11.3. The molecule has 0 aromatic heterocycles. The fourth-order valence-corrected chi connectivity index (χ4v) is 2.26. The van der Waals surface area contributed by atoms with Gasteiger partial charge in [0.25, 0.3) is 0 Å². The van der Waals surface area contributed by atoms with E-state index in [1.165, 1.54) is 0 Å². The van der Waals surface area contributed by atoms with Crippen molar-refractivity contribution in [2.75, 3.05) is 0 Å². The summed E-state index contributed by atoms with van der Waals surface area (Å²) < 4.78 is 0. The second-order valence-corrected chi connectivity index (χ2v) is 4.83. The van der Waals surface area contributed by atoms with Crippen molar-refractivity contribution in [2.24, 2.45) is 11.8 Å². The zero-order valence-electron chi connectivity index (χ0n) is 9.92. The highest BCUT2D eigenvalue weighted by Crippen LogP contribution is 2.27. The minimum absolute atomic E-state index is 0.190. The van der Waals surface area contributed by atoms with E-state index in [1.54, 1.807) is 0 Å². The van der Waals surface area contributed by atoms with Crippen molar-refractivity contribution in [2.45, 2.75) is 58.8 Å². The fraction of sp³-hybridized carbons (Fsp3) is 0.846. The van der Waals surface area contributed by atoms with E-state index in [2.05, 4.69) is 13.8 Å². The molecule has 86 valence electrons. The standard InChI is InChI=1S/C13H22O2/c1-3-4-5-6-12(14)11-8-7-10(2)9-13(11)15/h10-11H,3-9H2,1-2H3. The van der Waals surface area contributed by atoms with E-state index < -0.39 is 0 Å². The minimum atomic E-state index is -0.252. The van der Waals surface area contributed by atoms with Crippen LogP contribution in [-0.4, -0.2) is 11.6 Å². The molecule has 2 heteroatoms. The first-order valence-electron chi connectivity index (χ1n) is 6.20. The van der Waals surface area contributed by atoms with Crippen LogP contribution in [0.5, 0.6) is 0 Å². The Hall–Kier alpha value is -0.660. The third kappa shape index (κ3) is 3.77. The van der Waals surface area contributed by atoms with E-state index in [0.29, 0.717) is 18.8 Å². The smallest absolute Gasteiger partial charge is 0.143 e. The minimum Gasteiger partial charge on any atom is -0.299 e. The lowest BCUT2D eigenvalue weighted by atomic mass is 9.79. The molecule has 0 heterocycles. The van der Waals surface area contributed by atoms with Crippen LogP contribution >= 0.6 is 0 Å². The summed E-state index contributed by atoms with van der Waals surface area (Å²) in [6.45, 7) is 4.22. The van der Waals surface area contributed by atoms with Crippen LogP contribution in [0.4, 0.5) is 0 Å². The molecule has 0 aromatic rings. The lowest BCUT2D eigenvalue weighted by Crippen LogP contribution is -2.30. The predicted octanol–water partition coefficient (Wildman–Crippen LogP) is 3.14.